The minimum atomic E-state index is -0.0272. The van der Waals surface area contributed by atoms with Crippen molar-refractivity contribution in [2.45, 2.75) is 70.3 Å². The number of benzene rings is 1. The van der Waals surface area contributed by atoms with Crippen LogP contribution in [0.5, 0.6) is 0 Å². The van der Waals surface area contributed by atoms with Crippen molar-refractivity contribution in [2.75, 3.05) is 0 Å². The maximum atomic E-state index is 10.7. The number of hydrogen-bond acceptors (Lipinski definition) is 1. The quantitative estimate of drug-likeness (QED) is 0.835. The maximum absolute atomic E-state index is 10.7. The number of aliphatic hydroxyl groups is 1. The Labute approximate surface area is 128 Å². The van der Waals surface area contributed by atoms with Crippen LogP contribution in [0, 0.1) is 17.3 Å². The van der Waals surface area contributed by atoms with Gasteiger partial charge in [0.25, 0.3) is 0 Å². The number of fused-ring (bicyclic) bond motifs is 5. The fourth-order valence-corrected chi connectivity index (χ4v) is 6.25. The summed E-state index contributed by atoms with van der Waals surface area (Å²) in [4.78, 5) is 0. The van der Waals surface area contributed by atoms with Gasteiger partial charge in [-0.2, -0.15) is 0 Å². The van der Waals surface area contributed by atoms with Gasteiger partial charge in [-0.15, -0.1) is 0 Å². The van der Waals surface area contributed by atoms with Crippen LogP contribution in [0.1, 0.15) is 68.9 Å². The fourth-order valence-electron chi connectivity index (χ4n) is 6.25. The molecule has 0 radical (unpaired) electrons. The zero-order valence-electron chi connectivity index (χ0n) is 13.2. The number of aliphatic hydroxyl groups excluding tert-OH is 1. The van der Waals surface area contributed by atoms with Gasteiger partial charge in [-0.3, -0.25) is 0 Å². The Bertz CT molecular complexity index is 522. The molecule has 2 saturated carbocycles. The maximum Gasteiger partial charge on any atom is 0.0599 e. The summed E-state index contributed by atoms with van der Waals surface area (Å²) < 4.78 is 0. The van der Waals surface area contributed by atoms with Crippen molar-refractivity contribution in [3.8, 4) is 0 Å². The number of rotatable bonds is 2. The summed E-state index contributed by atoms with van der Waals surface area (Å²) in [7, 11) is 0. The molecular formula is C20H28O. The Morgan fingerprint density at radius 2 is 2.00 bits per heavy atom. The van der Waals surface area contributed by atoms with Gasteiger partial charge < -0.3 is 5.11 Å². The summed E-state index contributed by atoms with van der Waals surface area (Å²) in [5.74, 6) is 2.38. The average molecular weight is 284 g/mol. The molecule has 1 aromatic carbocycles. The second-order valence-corrected chi connectivity index (χ2v) is 7.73. The van der Waals surface area contributed by atoms with Crippen LogP contribution < -0.4 is 0 Å². The Kier molecular flexibility index (Phi) is 3.37. The van der Waals surface area contributed by atoms with E-state index in [9.17, 15) is 5.11 Å². The molecule has 3 aliphatic carbocycles. The third-order valence-corrected chi connectivity index (χ3v) is 7.02. The molecule has 1 nitrogen and oxygen atoms in total. The molecule has 21 heavy (non-hydrogen) atoms. The lowest BCUT2D eigenvalue weighted by Crippen LogP contribution is -2.45. The van der Waals surface area contributed by atoms with Crippen LogP contribution in [0.2, 0.25) is 0 Å². The first-order valence-electron chi connectivity index (χ1n) is 9.02. The van der Waals surface area contributed by atoms with Gasteiger partial charge >= 0.3 is 0 Å². The first-order chi connectivity index (χ1) is 10.3. The normalized spacial score (nSPS) is 41.2. The summed E-state index contributed by atoms with van der Waals surface area (Å²) in [6, 6.07) is 9.13. The second kappa shape index (κ2) is 5.12. The average Bonchev–Trinajstić information content (AvgIpc) is 2.85. The SMILES string of the molecule is CCC[C@]12CC[C@@H]3c4ccccc4CC[C@H]3[C@@H]1CC[C@@H]2O. The summed E-state index contributed by atoms with van der Waals surface area (Å²) in [5.41, 5.74) is 3.50. The largest absolute Gasteiger partial charge is 0.393 e. The van der Waals surface area contributed by atoms with Gasteiger partial charge in [0.2, 0.25) is 0 Å². The lowest BCUT2D eigenvalue weighted by molar-refractivity contribution is -0.0432. The molecule has 2 fully saturated rings. The lowest BCUT2D eigenvalue weighted by Gasteiger charge is -2.51. The van der Waals surface area contributed by atoms with E-state index in [1.807, 2.05) is 0 Å². The van der Waals surface area contributed by atoms with E-state index in [4.69, 9.17) is 0 Å². The van der Waals surface area contributed by atoms with Crippen molar-refractivity contribution in [3.63, 3.8) is 0 Å². The van der Waals surface area contributed by atoms with Crippen LogP contribution in [-0.2, 0) is 6.42 Å². The third-order valence-electron chi connectivity index (χ3n) is 7.02. The molecular weight excluding hydrogens is 256 g/mol. The first-order valence-corrected chi connectivity index (χ1v) is 9.02. The molecule has 4 rings (SSSR count). The molecule has 0 amide bonds. The van der Waals surface area contributed by atoms with Gasteiger partial charge in [-0.1, -0.05) is 37.6 Å². The van der Waals surface area contributed by atoms with Crippen molar-refractivity contribution >= 4 is 0 Å². The topological polar surface area (TPSA) is 20.2 Å². The van der Waals surface area contributed by atoms with E-state index in [0.29, 0.717) is 0 Å². The standard InChI is InChI=1S/C20H28O/c1-2-12-20-13-11-16-15-6-4-3-5-14(15)7-8-17(16)18(20)9-10-19(20)21/h3-6,16-19,21H,2,7-13H2,1H3/t16-,17-,18+,19+,20+/m1/s1. The van der Waals surface area contributed by atoms with Crippen LogP contribution >= 0.6 is 0 Å². The highest BCUT2D eigenvalue weighted by atomic mass is 16.3. The Morgan fingerprint density at radius 3 is 2.86 bits per heavy atom. The third kappa shape index (κ3) is 1.93. The highest BCUT2D eigenvalue weighted by molar-refractivity contribution is 5.35. The molecule has 1 N–H and O–H groups in total. The summed E-state index contributed by atoms with van der Waals surface area (Å²) in [6.07, 6.45) is 9.92. The lowest BCUT2D eigenvalue weighted by atomic mass is 9.53. The first kappa shape index (κ1) is 13.8. The van der Waals surface area contributed by atoms with Crippen LogP contribution in [0.3, 0.4) is 0 Å². The van der Waals surface area contributed by atoms with Crippen molar-refractivity contribution in [2.24, 2.45) is 17.3 Å². The molecule has 0 heterocycles. The fraction of sp³-hybridized carbons (Fsp3) is 0.700. The molecule has 0 aromatic heterocycles. The van der Waals surface area contributed by atoms with Gasteiger partial charge in [-0.05, 0) is 79.2 Å². The van der Waals surface area contributed by atoms with Gasteiger partial charge in [-0.25, -0.2) is 0 Å². The zero-order chi connectivity index (χ0) is 14.4. The van der Waals surface area contributed by atoms with Crippen LogP contribution in [0.15, 0.2) is 24.3 Å². The van der Waals surface area contributed by atoms with E-state index in [1.54, 1.807) is 11.1 Å². The predicted octanol–water partition coefficient (Wildman–Crippen LogP) is 4.68. The Morgan fingerprint density at radius 1 is 1.14 bits per heavy atom. The summed E-state index contributed by atoms with van der Waals surface area (Å²) >= 11 is 0. The van der Waals surface area contributed by atoms with E-state index in [-0.39, 0.29) is 11.5 Å². The van der Waals surface area contributed by atoms with E-state index < -0.39 is 0 Å². The molecule has 3 aliphatic rings. The highest BCUT2D eigenvalue weighted by Crippen LogP contribution is 2.62. The van der Waals surface area contributed by atoms with E-state index >= 15 is 0 Å². The van der Waals surface area contributed by atoms with Gasteiger partial charge in [0, 0.05) is 0 Å². The van der Waals surface area contributed by atoms with Crippen molar-refractivity contribution in [3.05, 3.63) is 35.4 Å². The molecule has 0 saturated heterocycles. The van der Waals surface area contributed by atoms with Gasteiger partial charge in [0.15, 0.2) is 0 Å². The molecule has 1 heteroatoms. The Balaban J connectivity index is 1.69. The Hall–Kier alpha value is -0.820. The molecule has 0 bridgehead atoms. The molecule has 0 unspecified atom stereocenters. The molecule has 114 valence electrons. The zero-order valence-corrected chi connectivity index (χ0v) is 13.2. The van der Waals surface area contributed by atoms with Crippen LogP contribution in [0.4, 0.5) is 0 Å². The monoisotopic (exact) mass is 284 g/mol. The minimum absolute atomic E-state index is 0.0272. The summed E-state index contributed by atoms with van der Waals surface area (Å²) in [5, 5.41) is 10.7. The second-order valence-electron chi connectivity index (χ2n) is 7.73. The number of hydrogen-bond donors (Lipinski definition) is 1. The molecule has 5 atom stereocenters. The van der Waals surface area contributed by atoms with Crippen molar-refractivity contribution in [1.29, 1.82) is 0 Å². The van der Waals surface area contributed by atoms with Gasteiger partial charge in [0.1, 0.15) is 0 Å². The summed E-state index contributed by atoms with van der Waals surface area (Å²) in [6.45, 7) is 2.29. The van der Waals surface area contributed by atoms with E-state index in [2.05, 4.69) is 31.2 Å². The highest BCUT2D eigenvalue weighted by Gasteiger charge is 2.56. The van der Waals surface area contributed by atoms with E-state index in [0.717, 1.165) is 24.2 Å². The molecule has 0 aliphatic heterocycles. The van der Waals surface area contributed by atoms with Crippen LogP contribution in [-0.4, -0.2) is 11.2 Å². The van der Waals surface area contributed by atoms with Crippen LogP contribution in [0.25, 0.3) is 0 Å². The van der Waals surface area contributed by atoms with Crippen molar-refractivity contribution < 1.29 is 5.11 Å². The van der Waals surface area contributed by atoms with E-state index in [1.165, 1.54) is 44.9 Å². The number of aryl methyl sites for hydroxylation is 1. The minimum Gasteiger partial charge on any atom is -0.393 e. The molecule has 1 aromatic rings. The van der Waals surface area contributed by atoms with Gasteiger partial charge in [0.05, 0.1) is 6.10 Å². The smallest absolute Gasteiger partial charge is 0.0599 e. The van der Waals surface area contributed by atoms with Crippen molar-refractivity contribution in [1.82, 2.24) is 0 Å². The predicted molar refractivity (Wildman–Crippen MR) is 86.3 cm³/mol. The molecule has 0 spiro atoms.